The quantitative estimate of drug-likeness (QED) is 0.762. The number of ether oxygens (including phenoxy) is 1. The van der Waals surface area contributed by atoms with Crippen molar-refractivity contribution < 1.29 is 17.9 Å². The lowest BCUT2D eigenvalue weighted by Crippen LogP contribution is -2.48. The van der Waals surface area contributed by atoms with Gasteiger partial charge in [-0.2, -0.15) is 4.31 Å². The second-order valence-electron chi connectivity index (χ2n) is 7.07. The van der Waals surface area contributed by atoms with Crippen LogP contribution in [0.3, 0.4) is 0 Å². The molecule has 0 saturated carbocycles. The average molecular weight is 398 g/mol. The van der Waals surface area contributed by atoms with Crippen molar-refractivity contribution >= 4 is 21.6 Å². The Morgan fingerprint density at radius 2 is 1.81 bits per heavy atom. The van der Waals surface area contributed by atoms with Crippen LogP contribution in [0.5, 0.6) is 0 Å². The summed E-state index contributed by atoms with van der Waals surface area (Å²) in [6.07, 6.45) is 0.177. The molecule has 0 radical (unpaired) electrons. The van der Waals surface area contributed by atoms with Gasteiger partial charge in [0.25, 0.3) is 0 Å². The van der Waals surface area contributed by atoms with Crippen LogP contribution >= 0.6 is 0 Å². The molecular weight excluding hydrogens is 366 g/mol. The predicted molar refractivity (Wildman–Crippen MR) is 106 cm³/mol. The first kappa shape index (κ1) is 21.8. The molecule has 1 heterocycles. The van der Waals surface area contributed by atoms with Crippen molar-refractivity contribution in [2.24, 2.45) is 0 Å². The molecule has 1 amide bonds. The first-order chi connectivity index (χ1) is 12.7. The third kappa shape index (κ3) is 5.51. The highest BCUT2D eigenvalue weighted by molar-refractivity contribution is 7.89. The minimum Gasteiger partial charge on any atom is -0.373 e. The fourth-order valence-electron chi connectivity index (χ4n) is 3.42. The molecule has 2 atom stereocenters. The first-order valence-corrected chi connectivity index (χ1v) is 10.9. The van der Waals surface area contributed by atoms with E-state index in [0.29, 0.717) is 31.9 Å². The number of nitrogens with one attached hydrogen (secondary N) is 1. The second kappa shape index (κ2) is 9.14. The minimum absolute atomic E-state index is 0.0887. The molecule has 0 unspecified atom stereocenters. The van der Waals surface area contributed by atoms with Crippen LogP contribution in [0.1, 0.15) is 33.3 Å². The van der Waals surface area contributed by atoms with Crippen LogP contribution in [0.4, 0.5) is 5.69 Å². The van der Waals surface area contributed by atoms with Crippen molar-refractivity contribution in [1.29, 1.82) is 0 Å². The van der Waals surface area contributed by atoms with Gasteiger partial charge in [0.2, 0.25) is 15.9 Å². The molecule has 1 aliphatic rings. The number of anilines is 1. The van der Waals surface area contributed by atoms with Crippen LogP contribution in [0.15, 0.2) is 23.1 Å². The summed E-state index contributed by atoms with van der Waals surface area (Å²) in [5.74, 6) is -0.156. The van der Waals surface area contributed by atoms with Crippen LogP contribution < -0.4 is 5.32 Å². The van der Waals surface area contributed by atoms with E-state index in [4.69, 9.17) is 4.74 Å². The number of benzene rings is 1. The number of hydrogen-bond acceptors (Lipinski definition) is 5. The molecule has 1 N–H and O–H groups in total. The van der Waals surface area contributed by atoms with E-state index in [0.717, 1.165) is 5.56 Å². The number of carbonyl (C=O) groups excluding carboxylic acids is 1. The molecule has 1 aliphatic heterocycles. The minimum atomic E-state index is -3.56. The summed E-state index contributed by atoms with van der Waals surface area (Å²) in [6, 6.07) is 4.86. The van der Waals surface area contributed by atoms with Gasteiger partial charge in [-0.25, -0.2) is 8.42 Å². The highest BCUT2D eigenvalue weighted by Gasteiger charge is 2.25. The van der Waals surface area contributed by atoms with E-state index in [-0.39, 0.29) is 29.6 Å². The molecular formula is C19H31N3O4S. The highest BCUT2D eigenvalue weighted by Crippen LogP contribution is 2.23. The van der Waals surface area contributed by atoms with E-state index in [1.807, 2.05) is 34.6 Å². The third-order valence-corrected chi connectivity index (χ3v) is 6.73. The number of amides is 1. The monoisotopic (exact) mass is 397 g/mol. The Bertz CT molecular complexity index is 752. The lowest BCUT2D eigenvalue weighted by molar-refractivity contribution is -0.121. The van der Waals surface area contributed by atoms with Gasteiger partial charge in [0.05, 0.1) is 23.6 Å². The molecule has 152 valence electrons. The number of morpholine rings is 1. The van der Waals surface area contributed by atoms with Crippen LogP contribution in [-0.4, -0.2) is 68.5 Å². The Morgan fingerprint density at radius 3 is 2.37 bits per heavy atom. The van der Waals surface area contributed by atoms with Crippen molar-refractivity contribution in [1.82, 2.24) is 9.21 Å². The van der Waals surface area contributed by atoms with Crippen LogP contribution in [-0.2, 0) is 19.6 Å². The zero-order valence-corrected chi connectivity index (χ0v) is 17.7. The first-order valence-electron chi connectivity index (χ1n) is 9.45. The fraction of sp³-hybridized carbons (Fsp3) is 0.632. The normalized spacial score (nSPS) is 21.4. The summed E-state index contributed by atoms with van der Waals surface area (Å²) < 4.78 is 32.5. The molecule has 7 nitrogen and oxygen atoms in total. The molecule has 8 heteroatoms. The molecule has 2 rings (SSSR count). The maximum Gasteiger partial charge on any atom is 0.243 e. The van der Waals surface area contributed by atoms with Crippen LogP contribution in [0.25, 0.3) is 0 Å². The van der Waals surface area contributed by atoms with E-state index < -0.39 is 10.0 Å². The van der Waals surface area contributed by atoms with Gasteiger partial charge in [-0.3, -0.25) is 9.69 Å². The molecule has 1 fully saturated rings. The van der Waals surface area contributed by atoms with Gasteiger partial charge in [0.1, 0.15) is 0 Å². The predicted octanol–water partition coefficient (Wildman–Crippen LogP) is 2.07. The van der Waals surface area contributed by atoms with Gasteiger partial charge in [0.15, 0.2) is 0 Å². The maximum absolute atomic E-state index is 12.7. The van der Waals surface area contributed by atoms with Gasteiger partial charge in [-0.1, -0.05) is 19.9 Å². The van der Waals surface area contributed by atoms with Crippen LogP contribution in [0, 0.1) is 6.92 Å². The Balaban J connectivity index is 2.13. The van der Waals surface area contributed by atoms with Gasteiger partial charge in [0, 0.05) is 31.9 Å². The summed E-state index contributed by atoms with van der Waals surface area (Å²) in [4.78, 5) is 14.8. The van der Waals surface area contributed by atoms with Gasteiger partial charge >= 0.3 is 0 Å². The lowest BCUT2D eigenvalue weighted by atomic mass is 10.2. The van der Waals surface area contributed by atoms with Crippen molar-refractivity contribution in [3.05, 3.63) is 23.8 Å². The maximum atomic E-state index is 12.7. The fourth-order valence-corrected chi connectivity index (χ4v) is 4.90. The highest BCUT2D eigenvalue weighted by atomic mass is 32.2. The van der Waals surface area contributed by atoms with Gasteiger partial charge < -0.3 is 10.1 Å². The largest absolute Gasteiger partial charge is 0.373 e. The number of nitrogens with zero attached hydrogens (tertiary/aromatic N) is 2. The van der Waals surface area contributed by atoms with E-state index in [2.05, 4.69) is 10.2 Å². The molecule has 1 saturated heterocycles. The second-order valence-corrected chi connectivity index (χ2v) is 9.00. The molecule has 1 aromatic rings. The van der Waals surface area contributed by atoms with Crippen molar-refractivity contribution in [2.45, 2.75) is 51.7 Å². The number of aryl methyl sites for hydroxylation is 1. The van der Waals surface area contributed by atoms with Crippen molar-refractivity contribution in [2.75, 3.05) is 38.0 Å². The zero-order chi connectivity index (χ0) is 20.2. The summed E-state index contributed by atoms with van der Waals surface area (Å²) in [5.41, 5.74) is 1.35. The van der Waals surface area contributed by atoms with Crippen molar-refractivity contribution in [3.63, 3.8) is 0 Å². The molecule has 0 aromatic heterocycles. The number of hydrogen-bond donors (Lipinski definition) is 1. The average Bonchev–Trinajstić information content (AvgIpc) is 2.56. The Hall–Kier alpha value is -1.48. The molecule has 0 spiro atoms. The SMILES string of the molecule is CCN(CC)S(=O)(=O)c1ccc(C)c(NC(=O)CN2C[C@@H](C)O[C@@H](C)C2)c1. The number of carbonyl (C=O) groups is 1. The van der Waals surface area contributed by atoms with E-state index >= 15 is 0 Å². The van der Waals surface area contributed by atoms with Crippen molar-refractivity contribution in [3.8, 4) is 0 Å². The third-order valence-electron chi connectivity index (χ3n) is 4.69. The van der Waals surface area contributed by atoms with Crippen LogP contribution in [0.2, 0.25) is 0 Å². The molecule has 27 heavy (non-hydrogen) atoms. The van der Waals surface area contributed by atoms with E-state index in [9.17, 15) is 13.2 Å². The Morgan fingerprint density at radius 1 is 1.22 bits per heavy atom. The summed E-state index contributed by atoms with van der Waals surface area (Å²) in [6.45, 7) is 11.9. The Kier molecular flexibility index (Phi) is 7.39. The molecule has 0 bridgehead atoms. The van der Waals surface area contributed by atoms with E-state index in [1.54, 1.807) is 18.2 Å². The van der Waals surface area contributed by atoms with E-state index in [1.165, 1.54) is 4.31 Å². The number of rotatable bonds is 7. The van der Waals surface area contributed by atoms with Gasteiger partial charge in [-0.05, 0) is 38.5 Å². The summed E-state index contributed by atoms with van der Waals surface area (Å²) in [5, 5.41) is 2.87. The number of sulfonamides is 1. The topological polar surface area (TPSA) is 79.0 Å². The smallest absolute Gasteiger partial charge is 0.243 e. The molecule has 1 aromatic carbocycles. The zero-order valence-electron chi connectivity index (χ0n) is 16.9. The standard InChI is InChI=1S/C19H31N3O4S/c1-6-22(7-2)27(24,25)17-9-8-14(3)18(10-17)20-19(23)13-21-11-15(4)26-16(5)12-21/h8-10,15-16H,6-7,11-13H2,1-5H3,(H,20,23)/t15-,16+. The van der Waals surface area contributed by atoms with Gasteiger partial charge in [-0.15, -0.1) is 0 Å². The lowest BCUT2D eigenvalue weighted by Gasteiger charge is -2.34. The molecule has 0 aliphatic carbocycles. The Labute approximate surface area is 162 Å². The summed E-state index contributed by atoms with van der Waals surface area (Å²) >= 11 is 0. The summed E-state index contributed by atoms with van der Waals surface area (Å²) in [7, 11) is -3.56.